The minimum Gasteiger partial charge on any atom is -0.480 e. The molecule has 0 aliphatic rings. The highest BCUT2D eigenvalue weighted by atomic mass is 32.2. The molecule has 0 heterocycles. The molecule has 0 bridgehead atoms. The molecule has 0 saturated carbocycles. The number of aliphatic carboxylic acids is 1. The Balaban J connectivity index is 3.26. The minimum atomic E-state index is -1.13. The molecule has 1 atom stereocenters. The van der Waals surface area contributed by atoms with Crippen LogP contribution in [0.1, 0.15) is 40.2 Å². The molecule has 0 aliphatic carbocycles. The average Bonchev–Trinajstić information content (AvgIpc) is 2.45. The van der Waals surface area contributed by atoms with Crippen molar-refractivity contribution in [3.05, 3.63) is 35.9 Å². The van der Waals surface area contributed by atoms with E-state index in [0.717, 1.165) is 17.6 Å². The third-order valence-electron chi connectivity index (χ3n) is 3.33. The molecule has 1 N–H and O–H groups in total. The van der Waals surface area contributed by atoms with E-state index < -0.39 is 28.5 Å². The van der Waals surface area contributed by atoms with Crippen molar-refractivity contribution in [1.29, 1.82) is 0 Å². The number of hydrogen-bond donors (Lipinski definition) is 1. The third-order valence-corrected chi connectivity index (χ3v) is 4.15. The molecule has 0 unspecified atom stereocenters. The zero-order valence-electron chi connectivity index (χ0n) is 15.6. The Kier molecular flexibility index (Phi) is 7.31. The lowest BCUT2D eigenvalue weighted by Gasteiger charge is -2.38. The monoisotopic (exact) mass is 369 g/mol. The van der Waals surface area contributed by atoms with Crippen molar-refractivity contribution in [2.24, 2.45) is 0 Å². The number of carboxylic acids is 1. The fraction of sp³-hybridized carbons (Fsp3) is 0.556. The zero-order valence-corrected chi connectivity index (χ0v) is 16.4. The highest BCUT2D eigenvalue weighted by Crippen LogP contribution is 2.33. The van der Waals surface area contributed by atoms with Crippen molar-refractivity contribution in [3.63, 3.8) is 0 Å². The largest absolute Gasteiger partial charge is 0.480 e. The average molecular weight is 369 g/mol. The van der Waals surface area contributed by atoms with Gasteiger partial charge in [-0.15, -0.1) is 0 Å². The van der Waals surface area contributed by atoms with Crippen molar-refractivity contribution in [1.82, 2.24) is 4.90 Å². The van der Waals surface area contributed by atoms with Gasteiger partial charge in [0.25, 0.3) is 0 Å². The summed E-state index contributed by atoms with van der Waals surface area (Å²) in [5.74, 6) is -1.11. The molecule has 0 radical (unpaired) electrons. The number of benzene rings is 1. The fourth-order valence-electron chi connectivity index (χ4n) is 2.43. The molecule has 7 heteroatoms. The van der Waals surface area contributed by atoms with Crippen LogP contribution < -0.4 is 0 Å². The summed E-state index contributed by atoms with van der Waals surface area (Å²) in [6.45, 7) is 8.81. The maximum Gasteiger partial charge on any atom is 0.411 e. The second-order valence-corrected chi connectivity index (χ2v) is 8.74. The van der Waals surface area contributed by atoms with Gasteiger partial charge < -0.3 is 14.0 Å². The molecular weight excluding hydrogens is 342 g/mol. The van der Waals surface area contributed by atoms with E-state index in [9.17, 15) is 14.7 Å². The lowest BCUT2D eigenvalue weighted by atomic mass is 10.0. The van der Waals surface area contributed by atoms with E-state index in [2.05, 4.69) is 0 Å². The van der Waals surface area contributed by atoms with Gasteiger partial charge in [0.15, 0.2) is 0 Å². The van der Waals surface area contributed by atoms with Gasteiger partial charge in [-0.05, 0) is 52.2 Å². The summed E-state index contributed by atoms with van der Waals surface area (Å²) in [4.78, 5) is 26.0. The van der Waals surface area contributed by atoms with Gasteiger partial charge in [0, 0.05) is 6.54 Å². The van der Waals surface area contributed by atoms with Crippen molar-refractivity contribution in [2.75, 3.05) is 7.11 Å². The summed E-state index contributed by atoms with van der Waals surface area (Å²) < 4.78 is 9.66. The van der Waals surface area contributed by atoms with Crippen LogP contribution in [0, 0.1) is 0 Å². The van der Waals surface area contributed by atoms with Crippen LogP contribution in [-0.4, -0.2) is 45.6 Å². The number of amides is 1. The second-order valence-electron chi connectivity index (χ2n) is 7.19. The standard InChI is InChI=1S/C18H27NO5S/c1-17(2,3)24-16(22)19(12-13-10-8-7-9-11-13)14(15(20)21)18(4,5)25-23-6/h7-11,14H,12H2,1-6H3,(H,20,21)/t14-/m0/s1. The summed E-state index contributed by atoms with van der Waals surface area (Å²) >= 11 is 1.01. The Morgan fingerprint density at radius 2 is 1.72 bits per heavy atom. The predicted octanol–water partition coefficient (Wildman–Crippen LogP) is 3.95. The number of rotatable bonds is 7. The van der Waals surface area contributed by atoms with Gasteiger partial charge in [-0.1, -0.05) is 30.3 Å². The number of ether oxygens (including phenoxy) is 1. The quantitative estimate of drug-likeness (QED) is 0.734. The van der Waals surface area contributed by atoms with E-state index in [1.165, 1.54) is 12.0 Å². The summed E-state index contributed by atoms with van der Waals surface area (Å²) in [7, 11) is 1.47. The lowest BCUT2D eigenvalue weighted by molar-refractivity contribution is -0.144. The molecule has 25 heavy (non-hydrogen) atoms. The van der Waals surface area contributed by atoms with Gasteiger partial charge in [-0.2, -0.15) is 0 Å². The molecule has 1 rings (SSSR count). The van der Waals surface area contributed by atoms with Gasteiger partial charge >= 0.3 is 12.1 Å². The number of nitrogens with zero attached hydrogens (tertiary/aromatic N) is 1. The summed E-state index contributed by atoms with van der Waals surface area (Å²) in [5.41, 5.74) is 0.0889. The van der Waals surface area contributed by atoms with Gasteiger partial charge in [0.2, 0.25) is 0 Å². The van der Waals surface area contributed by atoms with E-state index in [-0.39, 0.29) is 6.54 Å². The summed E-state index contributed by atoms with van der Waals surface area (Å²) in [6, 6.07) is 8.09. The molecular formula is C18H27NO5S. The van der Waals surface area contributed by atoms with Crippen LogP contribution in [0.15, 0.2) is 30.3 Å². The highest BCUT2D eigenvalue weighted by Gasteiger charge is 2.44. The van der Waals surface area contributed by atoms with Crippen LogP contribution in [0.2, 0.25) is 0 Å². The molecule has 0 aromatic heterocycles. The molecule has 1 aromatic rings. The summed E-state index contributed by atoms with van der Waals surface area (Å²) in [5, 5.41) is 9.81. The molecule has 0 spiro atoms. The molecule has 1 amide bonds. The Morgan fingerprint density at radius 3 is 2.16 bits per heavy atom. The molecule has 6 nitrogen and oxygen atoms in total. The van der Waals surface area contributed by atoms with E-state index in [0.29, 0.717) is 0 Å². The maximum atomic E-state index is 12.8. The van der Waals surface area contributed by atoms with Crippen molar-refractivity contribution in [3.8, 4) is 0 Å². The van der Waals surface area contributed by atoms with Gasteiger partial charge in [-0.3, -0.25) is 4.90 Å². The Labute approximate surface area is 153 Å². The first kappa shape index (κ1) is 21.3. The van der Waals surface area contributed by atoms with Gasteiger partial charge in [0.05, 0.1) is 11.9 Å². The maximum absolute atomic E-state index is 12.8. The Hall–Kier alpha value is -1.73. The van der Waals surface area contributed by atoms with E-state index in [4.69, 9.17) is 8.92 Å². The lowest BCUT2D eigenvalue weighted by Crippen LogP contribution is -2.55. The highest BCUT2D eigenvalue weighted by molar-refractivity contribution is 7.96. The molecule has 0 aliphatic heterocycles. The van der Waals surface area contributed by atoms with Crippen LogP contribution in [0.3, 0.4) is 0 Å². The van der Waals surface area contributed by atoms with Crippen LogP contribution in [-0.2, 0) is 20.3 Å². The first-order chi connectivity index (χ1) is 11.5. The zero-order chi connectivity index (χ0) is 19.3. The second kappa shape index (κ2) is 8.58. The van der Waals surface area contributed by atoms with Crippen LogP contribution >= 0.6 is 12.0 Å². The number of carbonyl (C=O) groups is 2. The smallest absolute Gasteiger partial charge is 0.411 e. The Morgan fingerprint density at radius 1 is 1.16 bits per heavy atom. The van der Waals surface area contributed by atoms with Crippen molar-refractivity contribution in [2.45, 2.75) is 57.6 Å². The van der Waals surface area contributed by atoms with Gasteiger partial charge in [0.1, 0.15) is 11.6 Å². The number of carboxylic acid groups (broad SMARTS) is 1. The summed E-state index contributed by atoms with van der Waals surface area (Å²) in [6.07, 6.45) is -0.673. The SMILES string of the molecule is COSC(C)(C)[C@H](C(=O)O)N(Cc1ccccc1)C(=O)OC(C)(C)C. The number of carbonyl (C=O) groups excluding carboxylic acids is 1. The van der Waals surface area contributed by atoms with Crippen molar-refractivity contribution >= 4 is 24.1 Å². The van der Waals surface area contributed by atoms with E-state index in [1.54, 1.807) is 34.6 Å². The minimum absolute atomic E-state index is 0.125. The Bertz CT molecular complexity index is 583. The third kappa shape index (κ3) is 6.59. The normalized spacial score (nSPS) is 13.2. The van der Waals surface area contributed by atoms with Crippen LogP contribution in [0.4, 0.5) is 4.79 Å². The van der Waals surface area contributed by atoms with E-state index in [1.807, 2.05) is 30.3 Å². The predicted molar refractivity (Wildman–Crippen MR) is 98.3 cm³/mol. The topological polar surface area (TPSA) is 76.1 Å². The molecule has 1 aromatic carbocycles. The first-order valence-corrected chi connectivity index (χ1v) is 8.70. The molecule has 0 saturated heterocycles. The van der Waals surface area contributed by atoms with Gasteiger partial charge in [-0.25, -0.2) is 9.59 Å². The van der Waals surface area contributed by atoms with Crippen molar-refractivity contribution < 1.29 is 23.6 Å². The first-order valence-electron chi connectivity index (χ1n) is 7.96. The van der Waals surface area contributed by atoms with Crippen LogP contribution in [0.5, 0.6) is 0 Å². The van der Waals surface area contributed by atoms with E-state index >= 15 is 0 Å². The molecule has 140 valence electrons. The van der Waals surface area contributed by atoms with Crippen LogP contribution in [0.25, 0.3) is 0 Å². The molecule has 0 fully saturated rings. The fourth-order valence-corrected chi connectivity index (χ4v) is 3.18. The number of hydrogen-bond acceptors (Lipinski definition) is 5.